The molecular formula is C7H12O5. The van der Waals surface area contributed by atoms with Crippen molar-refractivity contribution in [2.45, 2.75) is 25.9 Å². The van der Waals surface area contributed by atoms with Crippen LogP contribution in [0.2, 0.25) is 0 Å². The third kappa shape index (κ3) is 2.87. The van der Waals surface area contributed by atoms with Crippen LogP contribution in [0.4, 0.5) is 0 Å². The lowest BCUT2D eigenvalue weighted by Crippen LogP contribution is -2.34. The van der Waals surface area contributed by atoms with Crippen LogP contribution in [0.3, 0.4) is 0 Å². The maximum absolute atomic E-state index is 10.4. The molecule has 0 amide bonds. The van der Waals surface area contributed by atoms with Gasteiger partial charge in [0.15, 0.2) is 6.10 Å². The maximum atomic E-state index is 10.4. The molecular weight excluding hydrogens is 164 g/mol. The molecule has 0 aliphatic carbocycles. The molecule has 0 saturated carbocycles. The SMILES string of the molecule is CCC[C@H](C(=O)O)[C@@H](O)C(=O)O. The number of carboxylic acids is 2. The van der Waals surface area contributed by atoms with Crippen LogP contribution in [0.1, 0.15) is 19.8 Å². The summed E-state index contributed by atoms with van der Waals surface area (Å²) in [5, 5.41) is 25.7. The summed E-state index contributed by atoms with van der Waals surface area (Å²) in [6.07, 6.45) is -1.10. The molecule has 0 saturated heterocycles. The minimum absolute atomic E-state index is 0.169. The monoisotopic (exact) mass is 176 g/mol. The van der Waals surface area contributed by atoms with Gasteiger partial charge in [-0.1, -0.05) is 13.3 Å². The molecule has 2 atom stereocenters. The number of carbonyl (C=O) groups is 2. The molecule has 3 N–H and O–H groups in total. The van der Waals surface area contributed by atoms with Gasteiger partial charge in [0.25, 0.3) is 0 Å². The highest BCUT2D eigenvalue weighted by Gasteiger charge is 2.30. The predicted octanol–water partition coefficient (Wildman–Crippen LogP) is -0.0672. The van der Waals surface area contributed by atoms with Crippen molar-refractivity contribution in [1.82, 2.24) is 0 Å². The highest BCUT2D eigenvalue weighted by Crippen LogP contribution is 2.11. The number of rotatable bonds is 5. The van der Waals surface area contributed by atoms with Crippen molar-refractivity contribution in [2.75, 3.05) is 0 Å². The van der Waals surface area contributed by atoms with E-state index in [2.05, 4.69) is 0 Å². The molecule has 0 aliphatic rings. The molecule has 0 aliphatic heterocycles. The summed E-state index contributed by atoms with van der Waals surface area (Å²) in [6, 6.07) is 0. The molecule has 0 aromatic carbocycles. The van der Waals surface area contributed by atoms with Gasteiger partial charge in [0.05, 0.1) is 5.92 Å². The Bertz CT molecular complexity index is 177. The Kier molecular flexibility index (Phi) is 4.28. The van der Waals surface area contributed by atoms with Crippen LogP contribution in [-0.4, -0.2) is 33.4 Å². The van der Waals surface area contributed by atoms with Crippen LogP contribution in [-0.2, 0) is 9.59 Å². The van der Waals surface area contributed by atoms with Gasteiger partial charge in [-0.05, 0) is 6.42 Å². The second kappa shape index (κ2) is 4.71. The van der Waals surface area contributed by atoms with Crippen molar-refractivity contribution in [2.24, 2.45) is 5.92 Å². The number of aliphatic hydroxyl groups is 1. The fourth-order valence-electron chi connectivity index (χ4n) is 0.900. The molecule has 0 aromatic rings. The van der Waals surface area contributed by atoms with Crippen LogP contribution in [0, 0.1) is 5.92 Å². The van der Waals surface area contributed by atoms with Gasteiger partial charge in [-0.2, -0.15) is 0 Å². The fraction of sp³-hybridized carbons (Fsp3) is 0.714. The second-order valence-corrected chi connectivity index (χ2v) is 2.52. The van der Waals surface area contributed by atoms with Crippen molar-refractivity contribution in [3.05, 3.63) is 0 Å². The average Bonchev–Trinajstić information content (AvgIpc) is 1.98. The lowest BCUT2D eigenvalue weighted by atomic mass is 9.97. The van der Waals surface area contributed by atoms with E-state index in [1.54, 1.807) is 6.92 Å². The van der Waals surface area contributed by atoms with Gasteiger partial charge in [0, 0.05) is 0 Å². The van der Waals surface area contributed by atoms with E-state index in [9.17, 15) is 9.59 Å². The Morgan fingerprint density at radius 3 is 2.00 bits per heavy atom. The third-order valence-electron chi connectivity index (χ3n) is 1.55. The van der Waals surface area contributed by atoms with E-state index in [-0.39, 0.29) is 6.42 Å². The molecule has 70 valence electrons. The van der Waals surface area contributed by atoms with E-state index < -0.39 is 24.0 Å². The Hall–Kier alpha value is -1.10. The third-order valence-corrected chi connectivity index (χ3v) is 1.55. The number of hydrogen-bond donors (Lipinski definition) is 3. The minimum Gasteiger partial charge on any atom is -0.481 e. The Balaban J connectivity index is 4.28. The Labute approximate surface area is 69.6 Å². The molecule has 0 rings (SSSR count). The van der Waals surface area contributed by atoms with Crippen molar-refractivity contribution < 1.29 is 24.9 Å². The highest BCUT2D eigenvalue weighted by atomic mass is 16.4. The molecule has 5 heteroatoms. The Morgan fingerprint density at radius 2 is 1.75 bits per heavy atom. The van der Waals surface area contributed by atoms with Crippen LogP contribution < -0.4 is 0 Å². The molecule has 12 heavy (non-hydrogen) atoms. The van der Waals surface area contributed by atoms with E-state index in [0.29, 0.717) is 6.42 Å². The summed E-state index contributed by atoms with van der Waals surface area (Å²) in [4.78, 5) is 20.6. The normalized spacial score (nSPS) is 15.2. The molecule has 0 fully saturated rings. The van der Waals surface area contributed by atoms with Crippen LogP contribution in [0.5, 0.6) is 0 Å². The first kappa shape index (κ1) is 10.9. The summed E-state index contributed by atoms with van der Waals surface area (Å²) in [7, 11) is 0. The standard InChI is InChI=1S/C7H12O5/c1-2-3-4(6(9)10)5(8)7(11)12/h4-5,8H,2-3H2,1H3,(H,9,10)(H,11,12)/t4-,5+/m0/s1. The number of hydrogen-bond acceptors (Lipinski definition) is 3. The number of carboxylic acid groups (broad SMARTS) is 2. The Morgan fingerprint density at radius 1 is 1.25 bits per heavy atom. The first-order valence-corrected chi connectivity index (χ1v) is 3.64. The predicted molar refractivity (Wildman–Crippen MR) is 39.7 cm³/mol. The smallest absolute Gasteiger partial charge is 0.333 e. The van der Waals surface area contributed by atoms with Crippen molar-refractivity contribution >= 4 is 11.9 Å². The molecule has 0 spiro atoms. The van der Waals surface area contributed by atoms with E-state index in [1.165, 1.54) is 0 Å². The van der Waals surface area contributed by atoms with Crippen LogP contribution >= 0.6 is 0 Å². The molecule has 5 nitrogen and oxygen atoms in total. The first-order chi connectivity index (χ1) is 5.50. The molecule has 0 heterocycles. The second-order valence-electron chi connectivity index (χ2n) is 2.52. The molecule has 0 radical (unpaired) electrons. The van der Waals surface area contributed by atoms with Crippen molar-refractivity contribution in [3.8, 4) is 0 Å². The van der Waals surface area contributed by atoms with Gasteiger partial charge in [-0.15, -0.1) is 0 Å². The van der Waals surface area contributed by atoms with E-state index >= 15 is 0 Å². The summed E-state index contributed by atoms with van der Waals surface area (Å²) in [5.41, 5.74) is 0. The summed E-state index contributed by atoms with van der Waals surface area (Å²) >= 11 is 0. The van der Waals surface area contributed by atoms with Gasteiger partial charge in [0.1, 0.15) is 0 Å². The van der Waals surface area contributed by atoms with Crippen molar-refractivity contribution in [1.29, 1.82) is 0 Å². The van der Waals surface area contributed by atoms with Gasteiger partial charge >= 0.3 is 11.9 Å². The quantitative estimate of drug-likeness (QED) is 0.545. The maximum Gasteiger partial charge on any atom is 0.333 e. The molecule has 0 aromatic heterocycles. The van der Waals surface area contributed by atoms with E-state index in [4.69, 9.17) is 15.3 Å². The van der Waals surface area contributed by atoms with Gasteiger partial charge < -0.3 is 15.3 Å². The van der Waals surface area contributed by atoms with Crippen molar-refractivity contribution in [3.63, 3.8) is 0 Å². The largest absolute Gasteiger partial charge is 0.481 e. The molecule has 0 bridgehead atoms. The van der Waals surface area contributed by atoms with Gasteiger partial charge in [0.2, 0.25) is 0 Å². The van der Waals surface area contributed by atoms with Crippen LogP contribution in [0.25, 0.3) is 0 Å². The van der Waals surface area contributed by atoms with Gasteiger partial charge in [-0.3, -0.25) is 4.79 Å². The van der Waals surface area contributed by atoms with Gasteiger partial charge in [-0.25, -0.2) is 4.79 Å². The first-order valence-electron chi connectivity index (χ1n) is 3.64. The number of aliphatic hydroxyl groups excluding tert-OH is 1. The lowest BCUT2D eigenvalue weighted by molar-refractivity contribution is -0.159. The minimum atomic E-state index is -1.80. The zero-order valence-electron chi connectivity index (χ0n) is 6.73. The molecule has 0 unspecified atom stereocenters. The zero-order chi connectivity index (χ0) is 9.72. The van der Waals surface area contributed by atoms with E-state index in [0.717, 1.165) is 0 Å². The fourth-order valence-corrected chi connectivity index (χ4v) is 0.900. The summed E-state index contributed by atoms with van der Waals surface area (Å²) in [5.74, 6) is -3.96. The van der Waals surface area contributed by atoms with E-state index in [1.807, 2.05) is 0 Å². The number of aliphatic carboxylic acids is 2. The summed E-state index contributed by atoms with van der Waals surface area (Å²) < 4.78 is 0. The zero-order valence-corrected chi connectivity index (χ0v) is 6.73. The average molecular weight is 176 g/mol. The highest BCUT2D eigenvalue weighted by molar-refractivity contribution is 5.81. The topological polar surface area (TPSA) is 94.8 Å². The van der Waals surface area contributed by atoms with Crippen LogP contribution in [0.15, 0.2) is 0 Å². The lowest BCUT2D eigenvalue weighted by Gasteiger charge is -2.13. The summed E-state index contributed by atoms with van der Waals surface area (Å²) in [6.45, 7) is 1.73.